The normalized spacial score (nSPS) is 15.8. The third-order valence-corrected chi connectivity index (χ3v) is 4.89. The number of aromatic nitrogens is 1. The first-order chi connectivity index (χ1) is 10.7. The summed E-state index contributed by atoms with van der Waals surface area (Å²) in [5, 5.41) is 1.40. The highest BCUT2D eigenvalue weighted by Gasteiger charge is 2.18. The predicted molar refractivity (Wildman–Crippen MR) is 95.4 cm³/mol. The summed E-state index contributed by atoms with van der Waals surface area (Å²) in [6.07, 6.45) is 9.04. The zero-order valence-corrected chi connectivity index (χ0v) is 14.1. The number of nitrogens with zero attached hydrogens (tertiary/aromatic N) is 2. The molecule has 1 aromatic heterocycles. The number of hydrogen-bond acceptors (Lipinski definition) is 2. The van der Waals surface area contributed by atoms with Gasteiger partial charge in [-0.15, -0.1) is 0 Å². The second-order valence-corrected chi connectivity index (χ2v) is 6.92. The molecule has 3 nitrogen and oxygen atoms in total. The van der Waals surface area contributed by atoms with Crippen LogP contribution in [0.5, 0.6) is 0 Å². The number of aryl methyl sites for hydroxylation is 2. The average molecular weight is 299 g/mol. The zero-order valence-electron chi connectivity index (χ0n) is 14.1. The first kappa shape index (κ1) is 15.4. The number of anilines is 1. The van der Waals surface area contributed by atoms with Crippen LogP contribution in [-0.4, -0.2) is 30.1 Å². The minimum absolute atomic E-state index is 0.891. The number of rotatable bonds is 4. The number of nitrogens with two attached hydrogens (primary N) is 1. The molecular formula is C19H29N3. The Morgan fingerprint density at radius 2 is 1.86 bits per heavy atom. The van der Waals surface area contributed by atoms with E-state index in [1.807, 2.05) is 0 Å². The van der Waals surface area contributed by atoms with Gasteiger partial charge < -0.3 is 15.2 Å². The van der Waals surface area contributed by atoms with Crippen LogP contribution < -0.4 is 5.73 Å². The Hall–Kier alpha value is -1.48. The Kier molecular flexibility index (Phi) is 4.72. The maximum Gasteiger partial charge on any atom is 0.0486 e. The lowest BCUT2D eigenvalue weighted by Crippen LogP contribution is -2.16. The minimum atomic E-state index is 0.891. The van der Waals surface area contributed by atoms with E-state index in [1.54, 1.807) is 11.3 Å². The lowest BCUT2D eigenvalue weighted by Gasteiger charge is -2.16. The largest absolute Gasteiger partial charge is 0.399 e. The Morgan fingerprint density at radius 1 is 1.09 bits per heavy atom. The highest BCUT2D eigenvalue weighted by Crippen LogP contribution is 2.32. The van der Waals surface area contributed by atoms with E-state index in [0.717, 1.165) is 18.8 Å². The number of fused-ring (bicyclic) bond motifs is 3. The Labute approximate surface area is 134 Å². The van der Waals surface area contributed by atoms with Crippen molar-refractivity contribution in [2.24, 2.45) is 0 Å². The van der Waals surface area contributed by atoms with Crippen LogP contribution in [-0.2, 0) is 19.4 Å². The summed E-state index contributed by atoms with van der Waals surface area (Å²) in [7, 11) is 4.30. The van der Waals surface area contributed by atoms with Gasteiger partial charge in [-0.1, -0.05) is 12.8 Å². The van der Waals surface area contributed by atoms with E-state index in [-0.39, 0.29) is 0 Å². The molecule has 3 heteroatoms. The van der Waals surface area contributed by atoms with Crippen molar-refractivity contribution in [3.8, 4) is 0 Å². The molecule has 0 fully saturated rings. The standard InChI is InChI=1S/C19H29N3/c1-21(2)12-7-13-22-18-9-6-4-3-5-8-16(18)17-14-15(20)10-11-19(17)22/h10-11,14H,3-9,12-13,20H2,1-2H3. The zero-order chi connectivity index (χ0) is 15.5. The molecule has 0 aliphatic heterocycles. The van der Waals surface area contributed by atoms with Gasteiger partial charge in [-0.05, 0) is 76.5 Å². The van der Waals surface area contributed by atoms with Crippen molar-refractivity contribution in [2.45, 2.75) is 51.5 Å². The number of benzene rings is 1. The van der Waals surface area contributed by atoms with Crippen molar-refractivity contribution in [3.63, 3.8) is 0 Å². The second kappa shape index (κ2) is 6.74. The first-order valence-corrected chi connectivity index (χ1v) is 8.71. The monoisotopic (exact) mass is 299 g/mol. The van der Waals surface area contributed by atoms with Crippen LogP contribution in [0.25, 0.3) is 10.9 Å². The van der Waals surface area contributed by atoms with Gasteiger partial charge in [-0.2, -0.15) is 0 Å². The van der Waals surface area contributed by atoms with Crippen LogP contribution >= 0.6 is 0 Å². The van der Waals surface area contributed by atoms with Crippen LogP contribution in [0.4, 0.5) is 5.69 Å². The fourth-order valence-electron chi connectivity index (χ4n) is 3.81. The molecule has 0 unspecified atom stereocenters. The molecule has 1 aliphatic rings. The summed E-state index contributed by atoms with van der Waals surface area (Å²) in [5.41, 5.74) is 11.5. The molecule has 0 bridgehead atoms. The van der Waals surface area contributed by atoms with Gasteiger partial charge in [0.15, 0.2) is 0 Å². The molecule has 22 heavy (non-hydrogen) atoms. The highest BCUT2D eigenvalue weighted by molar-refractivity contribution is 5.88. The van der Waals surface area contributed by atoms with Gasteiger partial charge in [0.1, 0.15) is 0 Å². The molecule has 0 saturated carbocycles. The van der Waals surface area contributed by atoms with Gasteiger partial charge in [-0.25, -0.2) is 0 Å². The number of nitrogen functional groups attached to an aromatic ring is 1. The minimum Gasteiger partial charge on any atom is -0.399 e. The molecule has 0 amide bonds. The molecular weight excluding hydrogens is 270 g/mol. The van der Waals surface area contributed by atoms with Gasteiger partial charge in [0, 0.05) is 28.8 Å². The lowest BCUT2D eigenvalue weighted by molar-refractivity contribution is 0.386. The van der Waals surface area contributed by atoms with Crippen LogP contribution in [0.1, 0.15) is 43.4 Å². The maximum absolute atomic E-state index is 6.06. The summed E-state index contributed by atoms with van der Waals surface area (Å²) in [6.45, 7) is 2.26. The Bertz CT molecular complexity index is 640. The Morgan fingerprint density at radius 3 is 2.64 bits per heavy atom. The van der Waals surface area contributed by atoms with Crippen molar-refractivity contribution in [3.05, 3.63) is 29.5 Å². The second-order valence-electron chi connectivity index (χ2n) is 6.92. The summed E-state index contributed by atoms with van der Waals surface area (Å²) in [4.78, 5) is 2.27. The lowest BCUT2D eigenvalue weighted by atomic mass is 9.96. The van der Waals surface area contributed by atoms with E-state index in [1.165, 1.54) is 55.8 Å². The summed E-state index contributed by atoms with van der Waals surface area (Å²) < 4.78 is 2.58. The first-order valence-electron chi connectivity index (χ1n) is 8.71. The third-order valence-electron chi connectivity index (χ3n) is 4.89. The average Bonchev–Trinajstić information content (AvgIpc) is 2.70. The molecule has 1 aliphatic carbocycles. The van der Waals surface area contributed by atoms with Crippen molar-refractivity contribution < 1.29 is 0 Å². The van der Waals surface area contributed by atoms with Crippen LogP contribution in [0.3, 0.4) is 0 Å². The molecule has 0 radical (unpaired) electrons. The molecule has 0 atom stereocenters. The van der Waals surface area contributed by atoms with Gasteiger partial charge >= 0.3 is 0 Å². The van der Waals surface area contributed by atoms with Crippen molar-refractivity contribution in [1.82, 2.24) is 9.47 Å². The Balaban J connectivity index is 2.02. The SMILES string of the molecule is CN(C)CCCn1c2c(c3cc(N)ccc31)CCCCCC2. The third kappa shape index (κ3) is 3.14. The van der Waals surface area contributed by atoms with Gasteiger partial charge in [0.2, 0.25) is 0 Å². The van der Waals surface area contributed by atoms with E-state index in [0.29, 0.717) is 0 Å². The fourth-order valence-corrected chi connectivity index (χ4v) is 3.81. The topological polar surface area (TPSA) is 34.2 Å². The quantitative estimate of drug-likeness (QED) is 0.871. The molecule has 3 rings (SSSR count). The van der Waals surface area contributed by atoms with E-state index >= 15 is 0 Å². The number of hydrogen-bond donors (Lipinski definition) is 1. The smallest absolute Gasteiger partial charge is 0.0486 e. The molecule has 2 aromatic rings. The summed E-state index contributed by atoms with van der Waals surface area (Å²) in [6, 6.07) is 6.47. The van der Waals surface area contributed by atoms with Crippen molar-refractivity contribution in [2.75, 3.05) is 26.4 Å². The fraction of sp³-hybridized carbons (Fsp3) is 0.579. The van der Waals surface area contributed by atoms with E-state index in [4.69, 9.17) is 5.73 Å². The van der Waals surface area contributed by atoms with Crippen molar-refractivity contribution >= 4 is 16.6 Å². The van der Waals surface area contributed by atoms with Crippen LogP contribution in [0, 0.1) is 0 Å². The maximum atomic E-state index is 6.06. The molecule has 120 valence electrons. The van der Waals surface area contributed by atoms with E-state index in [9.17, 15) is 0 Å². The molecule has 1 heterocycles. The van der Waals surface area contributed by atoms with Gasteiger partial charge in [0.25, 0.3) is 0 Å². The van der Waals surface area contributed by atoms with Crippen molar-refractivity contribution in [1.29, 1.82) is 0 Å². The molecule has 0 spiro atoms. The van der Waals surface area contributed by atoms with Gasteiger partial charge in [0.05, 0.1) is 0 Å². The highest BCUT2D eigenvalue weighted by atomic mass is 15.1. The van der Waals surface area contributed by atoms with Crippen LogP contribution in [0.2, 0.25) is 0 Å². The van der Waals surface area contributed by atoms with E-state index in [2.05, 4.69) is 41.8 Å². The molecule has 0 saturated heterocycles. The predicted octanol–water partition coefficient (Wildman–Crippen LogP) is 3.83. The summed E-state index contributed by atoms with van der Waals surface area (Å²) in [5.74, 6) is 0. The molecule has 1 aromatic carbocycles. The van der Waals surface area contributed by atoms with E-state index < -0.39 is 0 Å². The summed E-state index contributed by atoms with van der Waals surface area (Å²) >= 11 is 0. The molecule has 2 N–H and O–H groups in total. The van der Waals surface area contributed by atoms with Gasteiger partial charge in [-0.3, -0.25) is 0 Å². The van der Waals surface area contributed by atoms with Crippen LogP contribution in [0.15, 0.2) is 18.2 Å².